The van der Waals surface area contributed by atoms with Crippen molar-refractivity contribution in [3.63, 3.8) is 0 Å². The summed E-state index contributed by atoms with van der Waals surface area (Å²) in [7, 11) is -0.972. The topological polar surface area (TPSA) is 127 Å². The third-order valence-corrected chi connectivity index (χ3v) is 40.5. The Kier molecular flexibility index (Phi) is 29.3. The minimum atomic E-state index is -4.53. The van der Waals surface area contributed by atoms with E-state index >= 15 is 0 Å². The van der Waals surface area contributed by atoms with Gasteiger partial charge in [-0.2, -0.15) is 26.3 Å². The summed E-state index contributed by atoms with van der Waals surface area (Å²) in [5, 5.41) is 37.6. The van der Waals surface area contributed by atoms with Crippen LogP contribution in [0.5, 0.6) is 0 Å². The minimum absolute atomic E-state index is 0. The van der Waals surface area contributed by atoms with Gasteiger partial charge in [0.1, 0.15) is 6.10 Å². The molecule has 20 bridgehead atoms. The average Bonchev–Trinajstić information content (AvgIpc) is 1.49. The number of rotatable bonds is 16. The second-order valence-electron chi connectivity index (χ2n) is 43.2. The van der Waals surface area contributed by atoms with Gasteiger partial charge in [0.2, 0.25) is 0 Å². The molecule has 117 heavy (non-hydrogen) atoms. The van der Waals surface area contributed by atoms with Crippen molar-refractivity contribution in [2.45, 2.75) is 283 Å². The molecule has 20 saturated carbocycles. The van der Waals surface area contributed by atoms with E-state index in [1.165, 1.54) is 89.9 Å². The van der Waals surface area contributed by atoms with Crippen LogP contribution in [0.4, 0.5) is 52.7 Å². The first-order valence-corrected chi connectivity index (χ1v) is 59.8. The summed E-state index contributed by atoms with van der Waals surface area (Å²) >= 11 is 15.6. The van der Waals surface area contributed by atoms with E-state index in [4.69, 9.17) is 60.5 Å². The fourth-order valence-electron chi connectivity index (χ4n) is 32.8. The van der Waals surface area contributed by atoms with Crippen LogP contribution in [-0.2, 0) is 22.1 Å². The van der Waals surface area contributed by atoms with E-state index in [-0.39, 0.29) is 49.4 Å². The Bertz CT molecular complexity index is 3070. The molecular weight excluding hydrogens is 2170 g/mol. The summed E-state index contributed by atoms with van der Waals surface area (Å²) in [5.41, 5.74) is -2.50. The van der Waals surface area contributed by atoms with Crippen molar-refractivity contribution >= 4 is 64.7 Å². The maximum absolute atomic E-state index is 13.0. The molecule has 0 aromatic heterocycles. The fourth-order valence-corrected chi connectivity index (χ4v) is 34.6. The van der Waals surface area contributed by atoms with Gasteiger partial charge < -0.3 is 42.6 Å². The molecule has 20 aliphatic rings. The number of fused-ring (bicyclic) bond motifs is 50. The van der Waals surface area contributed by atoms with Crippen LogP contribution >= 0.6 is 33.2 Å². The average molecular weight is 2310 g/mol. The summed E-state index contributed by atoms with van der Waals surface area (Å²) in [4.78, 5) is 0. The number of alkyl halides is 12. The predicted molar refractivity (Wildman–Crippen MR) is 433 cm³/mol. The van der Waals surface area contributed by atoms with Gasteiger partial charge in [-0.1, -0.05) is 36.9 Å². The second-order valence-corrected chi connectivity index (χ2v) is 65.1. The first kappa shape index (κ1) is 96.2. The van der Waals surface area contributed by atoms with Crippen molar-refractivity contribution in [2.75, 3.05) is 34.0 Å². The molecule has 20 rings (SSSR count). The summed E-state index contributed by atoms with van der Waals surface area (Å²) < 4.78 is 178. The molecule has 0 spiro atoms. The Morgan fingerprint density at radius 3 is 0.897 bits per heavy atom. The van der Waals surface area contributed by atoms with Crippen molar-refractivity contribution in [1.82, 2.24) is 0 Å². The number of aliphatic hydroxyl groups excluding tert-OH is 3. The fraction of sp³-hybridized carbons (Fsp3) is 0.977. The van der Waals surface area contributed by atoms with E-state index in [0.717, 1.165) is 188 Å². The molecule has 38 unspecified atom stereocenters. The molecule has 0 aromatic rings. The van der Waals surface area contributed by atoms with E-state index in [1.807, 2.05) is 27.3 Å². The smallest absolute Gasteiger partial charge is 0.497 e. The van der Waals surface area contributed by atoms with Gasteiger partial charge in [-0.25, -0.2) is 26.3 Å². The first-order valence-electron chi connectivity index (χ1n) is 45.3. The van der Waals surface area contributed by atoms with E-state index < -0.39 is 80.1 Å². The van der Waals surface area contributed by atoms with Crippen LogP contribution in [-0.4, -0.2) is 122 Å². The van der Waals surface area contributed by atoms with Crippen LogP contribution in [0.25, 0.3) is 0 Å². The van der Waals surface area contributed by atoms with Crippen molar-refractivity contribution in [1.29, 1.82) is 0 Å². The van der Waals surface area contributed by atoms with Crippen molar-refractivity contribution in [3.05, 3.63) is 12.2 Å². The Labute approximate surface area is 698 Å². The molecule has 30 heteroatoms. The van der Waals surface area contributed by atoms with Gasteiger partial charge in [0.15, 0.2) is 22.2 Å². The van der Waals surface area contributed by atoms with Crippen LogP contribution < -0.4 is 0 Å². The number of hydrogen-bond donors (Lipinski definition) is 4. The number of halogens is 15. The van der Waals surface area contributed by atoms with Gasteiger partial charge >= 0.3 is 27.2 Å². The first-order chi connectivity index (χ1) is 53.4. The molecule has 670 valence electrons. The molecule has 20 aliphatic carbocycles. The molecule has 9 nitrogen and oxygen atoms in total. The summed E-state index contributed by atoms with van der Waals surface area (Å²) in [5.74, 6) is 27.7. The number of aliphatic hydroxyl groups is 4. The molecule has 0 aliphatic heterocycles. The Morgan fingerprint density at radius 1 is 0.376 bits per heavy atom. The third kappa shape index (κ3) is 19.5. The maximum atomic E-state index is 13.0. The number of hydrogen-bond acceptors (Lipinski definition) is 9. The summed E-state index contributed by atoms with van der Waals surface area (Å²) in [6.45, 7) is 25.2. The van der Waals surface area contributed by atoms with E-state index in [9.17, 15) is 68.0 Å². The monoisotopic (exact) mass is 2310 g/mol. The van der Waals surface area contributed by atoms with Crippen molar-refractivity contribution in [2.24, 2.45) is 213 Å². The molecule has 0 amide bonds. The zero-order chi connectivity index (χ0) is 84.1. The minimum Gasteiger partial charge on any atom is -0.554 e. The normalized spacial score (nSPS) is 44.8. The van der Waals surface area contributed by atoms with Crippen molar-refractivity contribution < 1.29 is 95.2 Å². The van der Waals surface area contributed by atoms with Crippen LogP contribution in [0, 0.1) is 225 Å². The second kappa shape index (κ2) is 35.6. The molecular formula is C87H141Cl3F12O9Rf2Si4-2. The Balaban J connectivity index is 0.000000142. The van der Waals surface area contributed by atoms with Gasteiger partial charge in [0, 0.05) is 40.6 Å². The van der Waals surface area contributed by atoms with Gasteiger partial charge in [-0.15, -0.1) is 46.1 Å². The van der Waals surface area contributed by atoms with E-state index in [1.54, 1.807) is 20.8 Å². The molecule has 38 atom stereocenters. The summed E-state index contributed by atoms with van der Waals surface area (Å²) in [6.07, 6.45) is 4.74. The van der Waals surface area contributed by atoms with Crippen molar-refractivity contribution in [3.8, 4) is 0 Å². The maximum Gasteiger partial charge on any atom is 0.497 e. The van der Waals surface area contributed by atoms with Gasteiger partial charge in [0.25, 0.3) is 12.4 Å². The zero-order valence-corrected chi connectivity index (χ0v) is 91.3. The molecule has 0 heterocycles. The Hall–Kier alpha value is -1.46. The molecule has 0 radical (unpaired) electrons. The van der Waals surface area contributed by atoms with E-state index in [2.05, 4.69) is 39.3 Å². The van der Waals surface area contributed by atoms with Crippen LogP contribution in [0.3, 0.4) is 0 Å². The largest absolute Gasteiger partial charge is 0.554 e. The van der Waals surface area contributed by atoms with Gasteiger partial charge in [-0.05, 0) is 416 Å². The van der Waals surface area contributed by atoms with Crippen LogP contribution in [0.2, 0.25) is 52.4 Å². The molecule has 4 N–H and O–H groups in total. The molecule has 0 saturated heterocycles. The van der Waals surface area contributed by atoms with Crippen LogP contribution in [0.15, 0.2) is 0 Å². The molecule has 0 aromatic carbocycles. The zero-order valence-electron chi connectivity index (χ0n) is 72.3. The predicted octanol–water partition coefficient (Wildman–Crippen LogP) is 24.6. The summed E-state index contributed by atoms with van der Waals surface area (Å²) in [6, 6.07) is -2.19. The molecule has 20 fully saturated rings. The van der Waals surface area contributed by atoms with E-state index in [0.29, 0.717) is 79.0 Å². The SMILES string of the molecule is CC(O)(CC1CC2CCC1C2)C(F)(F)F.CCO[Si](C)(OCC)OCC.CO[Si](C)(C)C.CO[Si](C)(C)C.C[Si](Cl)(Cl)Cl.OC(CC1CC2CCC1C2)C(F)(F)F.O[C-](CC1CC2CC1C1C3CC(C21)C1C2CC(C4C5CCC(C5)C24)C31)C(F)(F)F.O[C-](CC1CC2CC1C1C3CC(C21)C1C2CC(C4C5CCC(C5)C24)C31)C(F)(F)F.[Rf].[Rf]. The third-order valence-electron chi connectivity index (χ3n) is 35.6. The standard InChI is InChI=1S/2C25H32F3O.C11H17F3O.C10H15F3O.C7H18O3Si.2C4H12OSi.CH3Cl3Si.2Rf/c2*26-25(27,28)18(29)6-11-4-12-5-13(11)22-17-8-16(21(12)22)23-14-7-15(24(17)23)20-10-2-1-9(3-10)19(14)20;1-10(15,11(12,13)14)6-9-5-7-2-3-8(9)4-7;11-10(12,13)9(14)5-8-4-6-1-2-7(8)3-6;1-5-8-11(4,9-6-2)10-7-3;2*1-5-6(2,3)4;1-5(2,3)4;;/h2*9-17,19-24,29H,1-8H2;7-9,15H,2-6H2,1H3;6-9,14H,1-5H2;5-7H2,1-4H3;2*1-4H3;1H3;;/q2*-1;;;;;;;;. The van der Waals surface area contributed by atoms with Gasteiger partial charge in [0.05, 0.1) is 0 Å². The van der Waals surface area contributed by atoms with Crippen LogP contribution in [0.1, 0.15) is 195 Å². The Morgan fingerprint density at radius 2 is 0.650 bits per heavy atom. The van der Waals surface area contributed by atoms with Gasteiger partial charge in [-0.3, -0.25) is 0 Å². The quantitative estimate of drug-likeness (QED) is 0.0393.